The summed E-state index contributed by atoms with van der Waals surface area (Å²) < 4.78 is 0. The van der Waals surface area contributed by atoms with Crippen molar-refractivity contribution in [1.82, 2.24) is 0 Å². The summed E-state index contributed by atoms with van der Waals surface area (Å²) >= 11 is 0. The molecule has 0 spiro atoms. The molecule has 0 fully saturated rings. The number of nitrogens with zero attached hydrogens (tertiary/aromatic N) is 1. The Morgan fingerprint density at radius 3 is 2.74 bits per heavy atom. The van der Waals surface area contributed by atoms with Gasteiger partial charge in [-0.3, -0.25) is 4.79 Å². The van der Waals surface area contributed by atoms with Gasteiger partial charge in [-0.2, -0.15) is 0 Å². The molecule has 1 atom stereocenters. The number of fused-ring (bicyclic) bond motifs is 1. The van der Waals surface area contributed by atoms with Crippen LogP contribution in [0.4, 0.5) is 5.69 Å². The monoisotopic (exact) mass is 261 g/mol. The first-order valence-corrected chi connectivity index (χ1v) is 7.07. The van der Waals surface area contributed by atoms with Crippen LogP contribution in [0.2, 0.25) is 0 Å². The van der Waals surface area contributed by atoms with Gasteiger partial charge in [0.1, 0.15) is 0 Å². The molecule has 0 bridgehead atoms. The van der Waals surface area contributed by atoms with E-state index in [9.17, 15) is 4.79 Å². The number of hydrogen-bond donors (Lipinski definition) is 1. The molecule has 1 aliphatic heterocycles. The minimum atomic E-state index is -0.717. The minimum absolute atomic E-state index is 0.326. The van der Waals surface area contributed by atoms with Crippen molar-refractivity contribution in [2.75, 3.05) is 18.0 Å². The van der Waals surface area contributed by atoms with E-state index in [1.165, 1.54) is 16.8 Å². The number of carboxylic acids is 1. The third-order valence-electron chi connectivity index (χ3n) is 3.70. The van der Waals surface area contributed by atoms with E-state index in [1.807, 2.05) is 0 Å². The summed E-state index contributed by atoms with van der Waals surface area (Å²) in [6.45, 7) is 8.34. The van der Waals surface area contributed by atoms with E-state index in [0.717, 1.165) is 19.5 Å². The molecule has 3 nitrogen and oxygen atoms in total. The molecule has 0 aromatic heterocycles. The molecule has 104 valence electrons. The van der Waals surface area contributed by atoms with Crippen molar-refractivity contribution < 1.29 is 9.90 Å². The SMILES string of the molecule is CC(C)CN1CCc2cccc(CC(C)C(=O)O)c21. The topological polar surface area (TPSA) is 40.5 Å². The largest absolute Gasteiger partial charge is 0.481 e. The van der Waals surface area contributed by atoms with E-state index in [1.54, 1.807) is 6.92 Å². The Labute approximate surface area is 115 Å². The minimum Gasteiger partial charge on any atom is -0.481 e. The first-order valence-electron chi connectivity index (χ1n) is 7.07. The van der Waals surface area contributed by atoms with E-state index in [4.69, 9.17) is 5.11 Å². The molecule has 0 saturated heterocycles. The lowest BCUT2D eigenvalue weighted by molar-refractivity contribution is -0.141. The fourth-order valence-corrected chi connectivity index (χ4v) is 2.82. The van der Waals surface area contributed by atoms with Crippen molar-refractivity contribution in [2.45, 2.75) is 33.6 Å². The van der Waals surface area contributed by atoms with Gasteiger partial charge in [-0.05, 0) is 29.9 Å². The average Bonchev–Trinajstić information content (AvgIpc) is 2.72. The van der Waals surface area contributed by atoms with Crippen molar-refractivity contribution in [3.05, 3.63) is 29.3 Å². The summed E-state index contributed by atoms with van der Waals surface area (Å²) in [6.07, 6.45) is 1.70. The lowest BCUT2D eigenvalue weighted by Crippen LogP contribution is -2.26. The summed E-state index contributed by atoms with van der Waals surface area (Å²) in [5.41, 5.74) is 3.85. The molecule has 1 heterocycles. The molecule has 1 aliphatic rings. The van der Waals surface area contributed by atoms with Gasteiger partial charge < -0.3 is 10.0 Å². The first kappa shape index (κ1) is 13.9. The fourth-order valence-electron chi connectivity index (χ4n) is 2.82. The van der Waals surface area contributed by atoms with Gasteiger partial charge in [0.05, 0.1) is 5.92 Å². The smallest absolute Gasteiger partial charge is 0.306 e. The Morgan fingerprint density at radius 1 is 1.37 bits per heavy atom. The standard InChI is InChI=1S/C16H23NO2/c1-11(2)10-17-8-7-13-5-4-6-14(15(13)17)9-12(3)16(18)19/h4-6,11-12H,7-10H2,1-3H3,(H,18,19). The Morgan fingerprint density at radius 2 is 2.11 bits per heavy atom. The van der Waals surface area contributed by atoms with Gasteiger partial charge in [0, 0.05) is 18.8 Å². The highest BCUT2D eigenvalue weighted by Crippen LogP contribution is 2.33. The number of benzene rings is 1. The van der Waals surface area contributed by atoms with Gasteiger partial charge in [0.2, 0.25) is 0 Å². The van der Waals surface area contributed by atoms with Crippen molar-refractivity contribution in [3.63, 3.8) is 0 Å². The maximum atomic E-state index is 11.0. The van der Waals surface area contributed by atoms with E-state index < -0.39 is 5.97 Å². The first-order chi connectivity index (χ1) is 8.99. The predicted molar refractivity (Wildman–Crippen MR) is 77.7 cm³/mol. The highest BCUT2D eigenvalue weighted by atomic mass is 16.4. The van der Waals surface area contributed by atoms with Crippen LogP contribution in [-0.4, -0.2) is 24.2 Å². The van der Waals surface area contributed by atoms with Gasteiger partial charge in [-0.25, -0.2) is 0 Å². The predicted octanol–water partition coefficient (Wildman–Crippen LogP) is 2.97. The van der Waals surface area contributed by atoms with Crippen molar-refractivity contribution in [3.8, 4) is 0 Å². The maximum Gasteiger partial charge on any atom is 0.306 e. The zero-order valence-electron chi connectivity index (χ0n) is 12.0. The van der Waals surface area contributed by atoms with E-state index in [0.29, 0.717) is 12.3 Å². The summed E-state index contributed by atoms with van der Waals surface area (Å²) in [6, 6.07) is 6.31. The van der Waals surface area contributed by atoms with E-state index in [2.05, 4.69) is 36.9 Å². The van der Waals surface area contributed by atoms with Crippen LogP contribution in [0.15, 0.2) is 18.2 Å². The number of hydrogen-bond acceptors (Lipinski definition) is 2. The summed E-state index contributed by atoms with van der Waals surface area (Å²) in [4.78, 5) is 13.5. The number of carbonyl (C=O) groups is 1. The van der Waals surface area contributed by atoms with Crippen LogP contribution in [0.25, 0.3) is 0 Å². The van der Waals surface area contributed by atoms with Crippen LogP contribution < -0.4 is 4.90 Å². The average molecular weight is 261 g/mol. The fraction of sp³-hybridized carbons (Fsp3) is 0.562. The number of anilines is 1. The molecular weight excluding hydrogens is 238 g/mol. The Bertz CT molecular complexity index is 468. The molecule has 2 rings (SSSR count). The van der Waals surface area contributed by atoms with Gasteiger partial charge >= 0.3 is 5.97 Å². The van der Waals surface area contributed by atoms with Crippen molar-refractivity contribution in [2.24, 2.45) is 11.8 Å². The quantitative estimate of drug-likeness (QED) is 0.886. The molecule has 3 heteroatoms. The zero-order chi connectivity index (χ0) is 14.0. The van der Waals surface area contributed by atoms with Gasteiger partial charge in [-0.15, -0.1) is 0 Å². The molecule has 0 radical (unpaired) electrons. The number of para-hydroxylation sites is 1. The second-order valence-electron chi connectivity index (χ2n) is 5.96. The Kier molecular flexibility index (Phi) is 4.13. The number of carboxylic acid groups (broad SMARTS) is 1. The second-order valence-corrected chi connectivity index (χ2v) is 5.96. The van der Waals surface area contributed by atoms with E-state index >= 15 is 0 Å². The number of aliphatic carboxylic acids is 1. The number of rotatable bonds is 5. The Hall–Kier alpha value is -1.51. The molecule has 0 saturated carbocycles. The van der Waals surface area contributed by atoms with Gasteiger partial charge in [-0.1, -0.05) is 39.0 Å². The molecule has 0 amide bonds. The van der Waals surface area contributed by atoms with Crippen LogP contribution >= 0.6 is 0 Å². The highest BCUT2D eigenvalue weighted by molar-refractivity contribution is 5.71. The summed E-state index contributed by atoms with van der Waals surface area (Å²) in [5, 5.41) is 9.09. The zero-order valence-corrected chi connectivity index (χ0v) is 12.0. The molecule has 1 aromatic rings. The molecule has 19 heavy (non-hydrogen) atoms. The van der Waals surface area contributed by atoms with E-state index in [-0.39, 0.29) is 5.92 Å². The van der Waals surface area contributed by atoms with Crippen LogP contribution in [0, 0.1) is 11.8 Å². The molecule has 1 aromatic carbocycles. The summed E-state index contributed by atoms with van der Waals surface area (Å²) in [5.74, 6) is -0.421. The van der Waals surface area contributed by atoms with Crippen LogP contribution in [0.3, 0.4) is 0 Å². The van der Waals surface area contributed by atoms with Crippen LogP contribution in [0.1, 0.15) is 31.9 Å². The van der Waals surface area contributed by atoms with Crippen LogP contribution in [-0.2, 0) is 17.6 Å². The third kappa shape index (κ3) is 3.09. The normalized spacial score (nSPS) is 15.7. The van der Waals surface area contributed by atoms with Crippen molar-refractivity contribution >= 4 is 11.7 Å². The second kappa shape index (κ2) is 5.64. The summed E-state index contributed by atoms with van der Waals surface area (Å²) in [7, 11) is 0. The van der Waals surface area contributed by atoms with Gasteiger partial charge in [0.25, 0.3) is 0 Å². The Balaban J connectivity index is 2.26. The van der Waals surface area contributed by atoms with Crippen LogP contribution in [0.5, 0.6) is 0 Å². The lowest BCUT2D eigenvalue weighted by atomic mass is 9.97. The molecule has 1 N–H and O–H groups in total. The molecule has 0 aliphatic carbocycles. The van der Waals surface area contributed by atoms with Gasteiger partial charge in [0.15, 0.2) is 0 Å². The molecule has 1 unspecified atom stereocenters. The lowest BCUT2D eigenvalue weighted by Gasteiger charge is -2.24. The maximum absolute atomic E-state index is 11.0. The third-order valence-corrected chi connectivity index (χ3v) is 3.70. The van der Waals surface area contributed by atoms with Crippen molar-refractivity contribution in [1.29, 1.82) is 0 Å². The molecular formula is C16H23NO2. The highest BCUT2D eigenvalue weighted by Gasteiger charge is 2.24.